The van der Waals surface area contributed by atoms with Crippen LogP contribution < -0.4 is 20.2 Å². The van der Waals surface area contributed by atoms with Crippen molar-refractivity contribution in [3.63, 3.8) is 0 Å². The van der Waals surface area contributed by atoms with Gasteiger partial charge in [-0.3, -0.25) is 9.59 Å². The van der Waals surface area contributed by atoms with Crippen LogP contribution in [0.1, 0.15) is 35.3 Å². The van der Waals surface area contributed by atoms with E-state index < -0.39 is 11.9 Å². The van der Waals surface area contributed by atoms with Gasteiger partial charge in [0.1, 0.15) is 24.1 Å². The summed E-state index contributed by atoms with van der Waals surface area (Å²) in [6.07, 6.45) is 1.51. The summed E-state index contributed by atoms with van der Waals surface area (Å²) in [5.74, 6) is 0.384. The summed E-state index contributed by atoms with van der Waals surface area (Å²) in [5, 5.41) is 7.90. The number of halogens is 2. The Labute approximate surface area is 220 Å². The molecular formula is C27H27Cl2N3O4. The lowest BCUT2D eigenvalue weighted by Crippen LogP contribution is -2.48. The van der Waals surface area contributed by atoms with E-state index in [-0.39, 0.29) is 11.8 Å². The fourth-order valence-electron chi connectivity index (χ4n) is 3.19. The first-order valence-electron chi connectivity index (χ1n) is 11.2. The number of carbonyl (C=O) groups is 2. The van der Waals surface area contributed by atoms with E-state index in [1.165, 1.54) is 6.21 Å². The number of nitrogens with one attached hydrogen (secondary N) is 2. The van der Waals surface area contributed by atoms with E-state index in [1.54, 1.807) is 67.8 Å². The zero-order chi connectivity index (χ0) is 26.1. The second-order valence-electron chi connectivity index (χ2n) is 8.25. The van der Waals surface area contributed by atoms with Crippen molar-refractivity contribution in [3.05, 3.63) is 93.5 Å². The van der Waals surface area contributed by atoms with Crippen molar-refractivity contribution in [1.29, 1.82) is 0 Å². The van der Waals surface area contributed by atoms with Crippen molar-refractivity contribution in [2.24, 2.45) is 11.0 Å². The molecule has 3 rings (SSSR count). The maximum absolute atomic E-state index is 12.7. The van der Waals surface area contributed by atoms with Crippen LogP contribution in [-0.4, -0.2) is 31.2 Å². The van der Waals surface area contributed by atoms with Crippen molar-refractivity contribution in [3.8, 4) is 11.5 Å². The number of ether oxygens (including phenoxy) is 2. The zero-order valence-corrected chi connectivity index (χ0v) is 21.6. The Morgan fingerprint density at radius 1 is 0.972 bits per heavy atom. The van der Waals surface area contributed by atoms with Crippen LogP contribution in [0.3, 0.4) is 0 Å². The number of hydrazone groups is 1. The van der Waals surface area contributed by atoms with Crippen LogP contribution in [0.4, 0.5) is 0 Å². The van der Waals surface area contributed by atoms with Gasteiger partial charge in [0.25, 0.3) is 11.8 Å². The van der Waals surface area contributed by atoms with Gasteiger partial charge in [0.15, 0.2) is 0 Å². The quantitative estimate of drug-likeness (QED) is 0.269. The molecule has 36 heavy (non-hydrogen) atoms. The van der Waals surface area contributed by atoms with Crippen LogP contribution >= 0.6 is 23.2 Å². The van der Waals surface area contributed by atoms with E-state index in [0.29, 0.717) is 33.7 Å². The number of hydrogen-bond donors (Lipinski definition) is 2. The molecule has 1 atom stereocenters. The predicted octanol–water partition coefficient (Wildman–Crippen LogP) is 5.49. The van der Waals surface area contributed by atoms with Crippen LogP contribution in [0.5, 0.6) is 11.5 Å². The Kier molecular flexibility index (Phi) is 9.73. The maximum atomic E-state index is 12.7. The first-order valence-corrected chi connectivity index (χ1v) is 12.0. The first-order chi connectivity index (χ1) is 17.3. The third-order valence-corrected chi connectivity index (χ3v) is 5.85. The molecule has 2 amide bonds. The van der Waals surface area contributed by atoms with Gasteiger partial charge in [-0.25, -0.2) is 5.43 Å². The molecule has 9 heteroatoms. The molecule has 0 spiro atoms. The summed E-state index contributed by atoms with van der Waals surface area (Å²) < 4.78 is 10.9. The van der Waals surface area contributed by atoms with Crippen molar-refractivity contribution in [2.75, 3.05) is 7.11 Å². The Balaban J connectivity index is 1.53. The molecule has 0 heterocycles. The normalized spacial score (nSPS) is 11.8. The molecule has 1 unspecified atom stereocenters. The summed E-state index contributed by atoms with van der Waals surface area (Å²) in [6.45, 7) is 3.99. The molecule has 3 aromatic carbocycles. The standard InChI is InChI=1S/C27H27Cl2N3O4/c1-17(2)25(31-26(33)19-7-12-22(35-3)13-8-19)27(34)32-30-15-18-4-10-23(11-5-18)36-16-20-6-9-21(28)14-24(20)29/h4-15,17,25H,16H2,1-3H3,(H,31,33)(H,32,34)/b30-15+. The Morgan fingerprint density at radius 3 is 2.25 bits per heavy atom. The Hall–Kier alpha value is -3.55. The van der Waals surface area contributed by atoms with Gasteiger partial charge in [-0.2, -0.15) is 5.10 Å². The van der Waals surface area contributed by atoms with Gasteiger partial charge >= 0.3 is 0 Å². The molecule has 0 aliphatic rings. The van der Waals surface area contributed by atoms with Crippen molar-refractivity contribution >= 4 is 41.2 Å². The number of nitrogens with zero attached hydrogens (tertiary/aromatic N) is 1. The number of rotatable bonds is 10. The van der Waals surface area contributed by atoms with Crippen molar-refractivity contribution in [2.45, 2.75) is 26.5 Å². The summed E-state index contributed by atoms with van der Waals surface area (Å²) >= 11 is 12.1. The molecular weight excluding hydrogens is 501 g/mol. The molecule has 0 aliphatic carbocycles. The lowest BCUT2D eigenvalue weighted by atomic mass is 10.0. The molecule has 0 radical (unpaired) electrons. The van der Waals surface area contributed by atoms with Crippen LogP contribution in [0.25, 0.3) is 0 Å². The highest BCUT2D eigenvalue weighted by Crippen LogP contribution is 2.23. The second-order valence-corrected chi connectivity index (χ2v) is 9.09. The van der Waals surface area contributed by atoms with Crippen LogP contribution in [0.15, 0.2) is 71.8 Å². The maximum Gasteiger partial charge on any atom is 0.262 e. The molecule has 188 valence electrons. The highest BCUT2D eigenvalue weighted by Gasteiger charge is 2.24. The Morgan fingerprint density at radius 2 is 1.64 bits per heavy atom. The molecule has 3 aromatic rings. The number of amides is 2. The fourth-order valence-corrected chi connectivity index (χ4v) is 3.65. The largest absolute Gasteiger partial charge is 0.497 e. The number of hydrogen-bond acceptors (Lipinski definition) is 5. The highest BCUT2D eigenvalue weighted by molar-refractivity contribution is 6.35. The average molecular weight is 528 g/mol. The van der Waals surface area contributed by atoms with Gasteiger partial charge in [0.05, 0.1) is 13.3 Å². The lowest BCUT2D eigenvalue weighted by Gasteiger charge is -2.20. The minimum Gasteiger partial charge on any atom is -0.497 e. The van der Waals surface area contributed by atoms with E-state index in [0.717, 1.165) is 11.1 Å². The van der Waals surface area contributed by atoms with Crippen molar-refractivity contribution < 1.29 is 19.1 Å². The van der Waals surface area contributed by atoms with Gasteiger partial charge in [-0.1, -0.05) is 43.1 Å². The van der Waals surface area contributed by atoms with E-state index in [9.17, 15) is 9.59 Å². The minimum absolute atomic E-state index is 0.145. The number of benzene rings is 3. The molecule has 0 saturated carbocycles. The average Bonchev–Trinajstić information content (AvgIpc) is 2.87. The van der Waals surface area contributed by atoms with Gasteiger partial charge in [0, 0.05) is 21.2 Å². The van der Waals surface area contributed by atoms with E-state index >= 15 is 0 Å². The topological polar surface area (TPSA) is 89.0 Å². The van der Waals surface area contributed by atoms with Gasteiger partial charge in [0.2, 0.25) is 0 Å². The van der Waals surface area contributed by atoms with E-state index in [2.05, 4.69) is 15.8 Å². The van der Waals surface area contributed by atoms with Gasteiger partial charge < -0.3 is 14.8 Å². The molecule has 7 nitrogen and oxygen atoms in total. The molecule has 0 saturated heterocycles. The summed E-state index contributed by atoms with van der Waals surface area (Å²) in [6, 6.07) is 18.3. The molecule has 2 N–H and O–H groups in total. The van der Waals surface area contributed by atoms with Crippen LogP contribution in [-0.2, 0) is 11.4 Å². The smallest absolute Gasteiger partial charge is 0.262 e. The van der Waals surface area contributed by atoms with E-state index in [1.807, 2.05) is 19.9 Å². The summed E-state index contributed by atoms with van der Waals surface area (Å²) in [4.78, 5) is 25.2. The molecule has 0 aromatic heterocycles. The number of carbonyl (C=O) groups excluding carboxylic acids is 2. The highest BCUT2D eigenvalue weighted by atomic mass is 35.5. The van der Waals surface area contributed by atoms with Crippen molar-refractivity contribution in [1.82, 2.24) is 10.7 Å². The van der Waals surface area contributed by atoms with Gasteiger partial charge in [-0.05, 0) is 72.1 Å². The third kappa shape index (κ3) is 7.73. The third-order valence-electron chi connectivity index (χ3n) is 5.27. The van der Waals surface area contributed by atoms with Crippen LogP contribution in [0.2, 0.25) is 10.0 Å². The predicted molar refractivity (Wildman–Crippen MR) is 142 cm³/mol. The fraction of sp³-hybridized carbons (Fsp3) is 0.222. The van der Waals surface area contributed by atoms with Crippen LogP contribution in [0, 0.1) is 5.92 Å². The van der Waals surface area contributed by atoms with E-state index in [4.69, 9.17) is 32.7 Å². The molecule has 0 fully saturated rings. The lowest BCUT2D eigenvalue weighted by molar-refractivity contribution is -0.123. The molecule has 0 aliphatic heterocycles. The summed E-state index contributed by atoms with van der Waals surface area (Å²) in [5.41, 5.74) is 4.51. The molecule has 0 bridgehead atoms. The van der Waals surface area contributed by atoms with Gasteiger partial charge in [-0.15, -0.1) is 0 Å². The minimum atomic E-state index is -0.757. The zero-order valence-electron chi connectivity index (χ0n) is 20.1. The first kappa shape index (κ1) is 27.0. The number of methoxy groups -OCH3 is 1. The monoisotopic (exact) mass is 527 g/mol. The SMILES string of the molecule is COc1ccc(C(=O)NC(C(=O)N/N=C/c2ccc(OCc3ccc(Cl)cc3Cl)cc2)C(C)C)cc1. The summed E-state index contributed by atoms with van der Waals surface area (Å²) in [7, 11) is 1.55. The second kappa shape index (κ2) is 13.0. The Bertz CT molecular complexity index is 1210.